The predicted molar refractivity (Wildman–Crippen MR) is 80.7 cm³/mol. The molecule has 0 saturated heterocycles. The van der Waals surface area contributed by atoms with Gasteiger partial charge in [0.15, 0.2) is 0 Å². The molecule has 2 aromatic rings. The number of rotatable bonds is 6. The van der Waals surface area contributed by atoms with Crippen LogP contribution in [0.4, 0.5) is 20.2 Å². The van der Waals surface area contributed by atoms with Crippen LogP contribution in [-0.2, 0) is 0 Å². The normalized spacial score (nSPS) is 10.3. The number of nitro benzene ring substituents is 1. The van der Waals surface area contributed by atoms with Crippen LogP contribution in [0, 0.1) is 10.1 Å². The first-order valence-corrected chi connectivity index (χ1v) is 6.59. The lowest BCUT2D eigenvalue weighted by Crippen LogP contribution is -2.13. The number of methoxy groups -OCH3 is 1. The maximum absolute atomic E-state index is 12.2. The summed E-state index contributed by atoms with van der Waals surface area (Å²) in [5.74, 6) is -0.673. The van der Waals surface area contributed by atoms with Gasteiger partial charge in [-0.2, -0.15) is 8.78 Å². The van der Waals surface area contributed by atoms with Gasteiger partial charge in [0.05, 0.1) is 23.8 Å². The van der Waals surface area contributed by atoms with Gasteiger partial charge in [-0.3, -0.25) is 14.9 Å². The lowest BCUT2D eigenvalue weighted by atomic mass is 10.2. The monoisotopic (exact) mass is 338 g/mol. The van der Waals surface area contributed by atoms with E-state index in [-0.39, 0.29) is 28.4 Å². The molecule has 0 spiro atoms. The average Bonchev–Trinajstić information content (AvgIpc) is 2.54. The number of nitro groups is 1. The van der Waals surface area contributed by atoms with Gasteiger partial charge in [0.1, 0.15) is 11.5 Å². The maximum atomic E-state index is 12.2. The molecule has 0 aliphatic rings. The van der Waals surface area contributed by atoms with Crippen molar-refractivity contribution in [3.63, 3.8) is 0 Å². The van der Waals surface area contributed by atoms with E-state index in [2.05, 4.69) is 10.1 Å². The second kappa shape index (κ2) is 7.36. The lowest BCUT2D eigenvalue weighted by Gasteiger charge is -2.11. The highest BCUT2D eigenvalue weighted by Crippen LogP contribution is 2.29. The molecule has 0 bridgehead atoms. The first kappa shape index (κ1) is 17.1. The Labute approximate surface area is 135 Å². The fraction of sp³-hybridized carbons (Fsp3) is 0.133. The van der Waals surface area contributed by atoms with E-state index >= 15 is 0 Å². The fourth-order valence-electron chi connectivity index (χ4n) is 1.90. The molecule has 0 unspecified atom stereocenters. The molecule has 0 atom stereocenters. The van der Waals surface area contributed by atoms with E-state index in [1.54, 1.807) is 0 Å². The molecule has 1 N–H and O–H groups in total. The summed E-state index contributed by atoms with van der Waals surface area (Å²) in [6.07, 6.45) is 0. The van der Waals surface area contributed by atoms with E-state index < -0.39 is 17.4 Å². The number of carbonyl (C=O) groups excluding carboxylic acids is 1. The zero-order valence-corrected chi connectivity index (χ0v) is 12.4. The SMILES string of the molecule is COc1cc([N+](=O)[O-])ccc1NC(=O)c1cccc(OC(F)F)c1. The highest BCUT2D eigenvalue weighted by molar-refractivity contribution is 6.05. The molecular weight excluding hydrogens is 326 g/mol. The van der Waals surface area contributed by atoms with Gasteiger partial charge < -0.3 is 14.8 Å². The molecule has 0 fully saturated rings. The summed E-state index contributed by atoms with van der Waals surface area (Å²) in [6, 6.07) is 8.91. The third-order valence-electron chi connectivity index (χ3n) is 2.97. The number of non-ortho nitro benzene ring substituents is 1. The van der Waals surface area contributed by atoms with Gasteiger partial charge in [-0.25, -0.2) is 0 Å². The van der Waals surface area contributed by atoms with Gasteiger partial charge in [-0.1, -0.05) is 6.07 Å². The number of nitrogens with one attached hydrogen (secondary N) is 1. The molecule has 2 aromatic carbocycles. The second-order valence-electron chi connectivity index (χ2n) is 4.50. The molecule has 0 saturated carbocycles. The van der Waals surface area contributed by atoms with E-state index in [0.717, 1.165) is 12.1 Å². The van der Waals surface area contributed by atoms with Crippen LogP contribution >= 0.6 is 0 Å². The largest absolute Gasteiger partial charge is 0.494 e. The molecule has 0 heterocycles. The number of amides is 1. The Morgan fingerprint density at radius 2 is 2.00 bits per heavy atom. The second-order valence-corrected chi connectivity index (χ2v) is 4.50. The number of ether oxygens (including phenoxy) is 2. The van der Waals surface area contributed by atoms with Gasteiger partial charge in [0, 0.05) is 11.6 Å². The molecule has 0 aromatic heterocycles. The lowest BCUT2D eigenvalue weighted by molar-refractivity contribution is -0.384. The predicted octanol–water partition coefficient (Wildman–Crippen LogP) is 3.46. The van der Waals surface area contributed by atoms with E-state index in [9.17, 15) is 23.7 Å². The van der Waals surface area contributed by atoms with Gasteiger partial charge >= 0.3 is 6.61 Å². The van der Waals surface area contributed by atoms with E-state index in [4.69, 9.17) is 4.74 Å². The molecule has 7 nitrogen and oxygen atoms in total. The van der Waals surface area contributed by atoms with E-state index in [1.807, 2.05) is 0 Å². The average molecular weight is 338 g/mol. The smallest absolute Gasteiger partial charge is 0.387 e. The molecular formula is C15H12F2N2O5. The third kappa shape index (κ3) is 4.15. The van der Waals surface area contributed by atoms with Gasteiger partial charge in [0.25, 0.3) is 11.6 Å². The van der Waals surface area contributed by atoms with Crippen LogP contribution in [-0.4, -0.2) is 24.6 Å². The van der Waals surface area contributed by atoms with Crippen molar-refractivity contribution in [2.24, 2.45) is 0 Å². The van der Waals surface area contributed by atoms with Crippen molar-refractivity contribution in [1.29, 1.82) is 0 Å². The number of anilines is 1. The highest BCUT2D eigenvalue weighted by Gasteiger charge is 2.15. The molecule has 1 amide bonds. The number of halogens is 2. The number of alkyl halides is 2. The Hall–Kier alpha value is -3.23. The van der Waals surface area contributed by atoms with Crippen molar-refractivity contribution in [3.05, 3.63) is 58.1 Å². The summed E-state index contributed by atoms with van der Waals surface area (Å²) in [5, 5.41) is 13.2. The summed E-state index contributed by atoms with van der Waals surface area (Å²) in [7, 11) is 1.30. The van der Waals surface area contributed by atoms with Crippen molar-refractivity contribution in [3.8, 4) is 11.5 Å². The molecule has 0 aliphatic carbocycles. The van der Waals surface area contributed by atoms with Crippen molar-refractivity contribution < 1.29 is 28.0 Å². The number of hydrogen-bond donors (Lipinski definition) is 1. The minimum Gasteiger partial charge on any atom is -0.494 e. The Kier molecular flexibility index (Phi) is 5.25. The Morgan fingerprint density at radius 3 is 2.62 bits per heavy atom. The molecule has 24 heavy (non-hydrogen) atoms. The standard InChI is InChI=1S/C15H12F2N2O5/c1-23-13-8-10(19(21)22)5-6-12(13)18-14(20)9-3-2-4-11(7-9)24-15(16)17/h2-8,15H,1H3,(H,18,20). The Bertz CT molecular complexity index is 767. The number of hydrogen-bond acceptors (Lipinski definition) is 5. The van der Waals surface area contributed by atoms with Crippen LogP contribution < -0.4 is 14.8 Å². The van der Waals surface area contributed by atoms with Crippen LogP contribution in [0.2, 0.25) is 0 Å². The van der Waals surface area contributed by atoms with E-state index in [1.165, 1.54) is 37.4 Å². The van der Waals surface area contributed by atoms with E-state index in [0.29, 0.717) is 0 Å². The van der Waals surface area contributed by atoms with Crippen molar-refractivity contribution in [1.82, 2.24) is 0 Å². The third-order valence-corrected chi connectivity index (χ3v) is 2.97. The van der Waals surface area contributed by atoms with Crippen LogP contribution in [0.15, 0.2) is 42.5 Å². The summed E-state index contributed by atoms with van der Waals surface area (Å²) in [6.45, 7) is -3.00. The Morgan fingerprint density at radius 1 is 1.25 bits per heavy atom. The molecule has 126 valence electrons. The van der Waals surface area contributed by atoms with Gasteiger partial charge in [-0.15, -0.1) is 0 Å². The van der Waals surface area contributed by atoms with Gasteiger partial charge in [0.2, 0.25) is 0 Å². The van der Waals surface area contributed by atoms with Crippen molar-refractivity contribution in [2.45, 2.75) is 6.61 Å². The van der Waals surface area contributed by atoms with Crippen LogP contribution in [0.1, 0.15) is 10.4 Å². The highest BCUT2D eigenvalue weighted by atomic mass is 19.3. The summed E-state index contributed by atoms with van der Waals surface area (Å²) >= 11 is 0. The Balaban J connectivity index is 2.22. The zero-order valence-electron chi connectivity index (χ0n) is 12.4. The summed E-state index contributed by atoms with van der Waals surface area (Å²) in [4.78, 5) is 22.3. The maximum Gasteiger partial charge on any atom is 0.387 e. The minimum absolute atomic E-state index is 0.0774. The molecule has 9 heteroatoms. The van der Waals surface area contributed by atoms with Crippen LogP contribution in [0.3, 0.4) is 0 Å². The zero-order chi connectivity index (χ0) is 17.7. The quantitative estimate of drug-likeness (QED) is 0.643. The first-order chi connectivity index (χ1) is 11.4. The summed E-state index contributed by atoms with van der Waals surface area (Å²) in [5.41, 5.74) is 0.0824. The molecule has 0 radical (unpaired) electrons. The number of carbonyl (C=O) groups is 1. The number of nitrogens with zero attached hydrogens (tertiary/aromatic N) is 1. The topological polar surface area (TPSA) is 90.7 Å². The van der Waals surface area contributed by atoms with Crippen LogP contribution in [0.25, 0.3) is 0 Å². The molecule has 0 aliphatic heterocycles. The van der Waals surface area contributed by atoms with Crippen molar-refractivity contribution >= 4 is 17.3 Å². The number of benzene rings is 2. The molecule has 2 rings (SSSR count). The first-order valence-electron chi connectivity index (χ1n) is 6.59. The van der Waals surface area contributed by atoms with Crippen molar-refractivity contribution in [2.75, 3.05) is 12.4 Å². The fourth-order valence-corrected chi connectivity index (χ4v) is 1.90. The van der Waals surface area contributed by atoms with Gasteiger partial charge in [-0.05, 0) is 24.3 Å². The summed E-state index contributed by atoms with van der Waals surface area (Å²) < 4.78 is 33.7. The van der Waals surface area contributed by atoms with Crippen LogP contribution in [0.5, 0.6) is 11.5 Å². The minimum atomic E-state index is -3.00.